The van der Waals surface area contributed by atoms with E-state index in [2.05, 4.69) is 9.97 Å². The lowest BCUT2D eigenvalue weighted by atomic mass is 10.1. The Balaban J connectivity index is 2.32. The minimum atomic E-state index is -0.655. The summed E-state index contributed by atoms with van der Waals surface area (Å²) in [5.74, 6) is 0. The first-order valence-corrected chi connectivity index (χ1v) is 5.57. The minimum Gasteiger partial charge on any atom is -0.381 e. The zero-order chi connectivity index (χ0) is 10.8. The summed E-state index contributed by atoms with van der Waals surface area (Å²) in [6.45, 7) is 3.86. The van der Waals surface area contributed by atoms with Crippen LogP contribution in [-0.2, 0) is 0 Å². The first-order chi connectivity index (χ1) is 7.18. The van der Waals surface area contributed by atoms with Gasteiger partial charge in [0.2, 0.25) is 0 Å². The van der Waals surface area contributed by atoms with Crippen LogP contribution in [0.3, 0.4) is 0 Å². The molecule has 1 N–H and O–H groups in total. The number of aliphatic hydroxyl groups is 1. The molecule has 2 aromatic heterocycles. The van der Waals surface area contributed by atoms with Gasteiger partial charge in [-0.25, -0.2) is 0 Å². The van der Waals surface area contributed by atoms with Gasteiger partial charge in [0.25, 0.3) is 0 Å². The summed E-state index contributed by atoms with van der Waals surface area (Å²) in [6.07, 6.45) is 2.64. The molecule has 0 aliphatic carbocycles. The maximum Gasteiger partial charge on any atom is 0.132 e. The van der Waals surface area contributed by atoms with E-state index < -0.39 is 6.10 Å². The van der Waals surface area contributed by atoms with E-state index in [4.69, 9.17) is 0 Å². The predicted octanol–water partition coefficient (Wildman–Crippen LogP) is 2.24. The topological polar surface area (TPSA) is 46.0 Å². The summed E-state index contributed by atoms with van der Waals surface area (Å²) >= 11 is 1.54. The van der Waals surface area contributed by atoms with Crippen molar-refractivity contribution in [3.8, 4) is 0 Å². The number of aryl methyl sites for hydroxylation is 2. The van der Waals surface area contributed by atoms with E-state index in [9.17, 15) is 5.11 Å². The summed E-state index contributed by atoms with van der Waals surface area (Å²) in [5, 5.41) is 12.0. The quantitative estimate of drug-likeness (QED) is 0.844. The smallest absolute Gasteiger partial charge is 0.132 e. The number of aliphatic hydroxyl groups excluding tert-OH is 1. The Kier molecular flexibility index (Phi) is 2.79. The van der Waals surface area contributed by atoms with E-state index >= 15 is 0 Å². The van der Waals surface area contributed by atoms with Crippen molar-refractivity contribution in [2.24, 2.45) is 0 Å². The summed E-state index contributed by atoms with van der Waals surface area (Å²) in [4.78, 5) is 9.23. The highest BCUT2D eigenvalue weighted by atomic mass is 32.1. The molecule has 1 atom stereocenters. The van der Waals surface area contributed by atoms with Gasteiger partial charge >= 0.3 is 0 Å². The van der Waals surface area contributed by atoms with Crippen LogP contribution in [0.15, 0.2) is 23.8 Å². The van der Waals surface area contributed by atoms with Crippen LogP contribution in [0.4, 0.5) is 0 Å². The van der Waals surface area contributed by atoms with E-state index in [-0.39, 0.29) is 0 Å². The van der Waals surface area contributed by atoms with E-state index in [0.717, 1.165) is 16.1 Å². The predicted molar refractivity (Wildman–Crippen MR) is 59.9 cm³/mol. The van der Waals surface area contributed by atoms with Gasteiger partial charge in [-0.2, -0.15) is 0 Å². The lowest BCUT2D eigenvalue weighted by Crippen LogP contribution is -2.02. The molecule has 0 saturated heterocycles. The van der Waals surface area contributed by atoms with Crippen molar-refractivity contribution in [2.45, 2.75) is 20.0 Å². The Labute approximate surface area is 92.5 Å². The van der Waals surface area contributed by atoms with Gasteiger partial charge in [-0.1, -0.05) is 0 Å². The van der Waals surface area contributed by atoms with Gasteiger partial charge in [-0.15, -0.1) is 11.3 Å². The minimum absolute atomic E-state index is 0.603. The number of aromatic nitrogens is 2. The molecule has 0 aliphatic rings. The molecule has 2 rings (SSSR count). The summed E-state index contributed by atoms with van der Waals surface area (Å²) in [7, 11) is 0. The van der Waals surface area contributed by atoms with Crippen LogP contribution < -0.4 is 0 Å². The van der Waals surface area contributed by atoms with Crippen molar-refractivity contribution < 1.29 is 5.11 Å². The second kappa shape index (κ2) is 4.08. The third-order valence-electron chi connectivity index (χ3n) is 2.23. The summed E-state index contributed by atoms with van der Waals surface area (Å²) < 4.78 is 0. The number of nitrogens with zero attached hydrogens (tertiary/aromatic N) is 2. The van der Waals surface area contributed by atoms with Crippen molar-refractivity contribution in [3.05, 3.63) is 45.7 Å². The standard InChI is InChI=1S/C11H12N2OS/c1-7-3-4-15-11(7)10(14)9-6-12-8(2)5-13-9/h3-6,10,14H,1-2H3. The van der Waals surface area contributed by atoms with Crippen molar-refractivity contribution in [3.63, 3.8) is 0 Å². The molecule has 0 spiro atoms. The molecule has 2 aromatic rings. The molecule has 3 nitrogen and oxygen atoms in total. The van der Waals surface area contributed by atoms with Crippen molar-refractivity contribution in [1.29, 1.82) is 0 Å². The molecule has 0 aromatic carbocycles. The first kappa shape index (κ1) is 10.3. The second-order valence-electron chi connectivity index (χ2n) is 3.45. The van der Waals surface area contributed by atoms with Crippen LogP contribution in [0.2, 0.25) is 0 Å². The number of hydrogen-bond donors (Lipinski definition) is 1. The van der Waals surface area contributed by atoms with Crippen molar-refractivity contribution in [2.75, 3.05) is 0 Å². The molecule has 0 fully saturated rings. The molecule has 78 valence electrons. The van der Waals surface area contributed by atoms with Crippen LogP contribution in [0, 0.1) is 13.8 Å². The molecule has 4 heteroatoms. The Morgan fingerprint density at radius 2 is 2.07 bits per heavy atom. The Morgan fingerprint density at radius 3 is 2.60 bits per heavy atom. The van der Waals surface area contributed by atoms with Gasteiger partial charge in [-0.05, 0) is 30.9 Å². The van der Waals surface area contributed by atoms with Crippen molar-refractivity contribution in [1.82, 2.24) is 9.97 Å². The summed E-state index contributed by atoms with van der Waals surface area (Å²) in [5.41, 5.74) is 2.55. The average molecular weight is 220 g/mol. The van der Waals surface area contributed by atoms with Crippen LogP contribution in [-0.4, -0.2) is 15.1 Å². The largest absolute Gasteiger partial charge is 0.381 e. The lowest BCUT2D eigenvalue weighted by molar-refractivity contribution is 0.218. The third kappa shape index (κ3) is 2.06. The van der Waals surface area contributed by atoms with Crippen LogP contribution in [0.5, 0.6) is 0 Å². The molecule has 0 amide bonds. The highest BCUT2D eigenvalue weighted by molar-refractivity contribution is 7.10. The molecule has 0 saturated carbocycles. The highest BCUT2D eigenvalue weighted by Gasteiger charge is 2.15. The first-order valence-electron chi connectivity index (χ1n) is 4.69. The van der Waals surface area contributed by atoms with Gasteiger partial charge in [0.15, 0.2) is 0 Å². The van der Waals surface area contributed by atoms with E-state index in [0.29, 0.717) is 5.69 Å². The normalized spacial score (nSPS) is 12.7. The van der Waals surface area contributed by atoms with Gasteiger partial charge < -0.3 is 5.11 Å². The molecule has 0 aliphatic heterocycles. The number of hydrogen-bond acceptors (Lipinski definition) is 4. The third-order valence-corrected chi connectivity index (χ3v) is 3.30. The fourth-order valence-electron chi connectivity index (χ4n) is 1.34. The number of thiophene rings is 1. The van der Waals surface area contributed by atoms with Gasteiger partial charge in [0.1, 0.15) is 6.10 Å². The Hall–Kier alpha value is -1.26. The molecule has 2 heterocycles. The molecular weight excluding hydrogens is 208 g/mol. The highest BCUT2D eigenvalue weighted by Crippen LogP contribution is 2.27. The summed E-state index contributed by atoms with van der Waals surface area (Å²) in [6, 6.07) is 1.99. The zero-order valence-electron chi connectivity index (χ0n) is 8.64. The van der Waals surface area contributed by atoms with Gasteiger partial charge in [-0.3, -0.25) is 9.97 Å². The van der Waals surface area contributed by atoms with E-state index in [1.165, 1.54) is 11.3 Å². The van der Waals surface area contributed by atoms with Crippen LogP contribution in [0.1, 0.15) is 27.9 Å². The molecule has 1 unspecified atom stereocenters. The Bertz CT molecular complexity index is 450. The molecule has 15 heavy (non-hydrogen) atoms. The lowest BCUT2D eigenvalue weighted by Gasteiger charge is -2.08. The molecule has 0 bridgehead atoms. The van der Waals surface area contributed by atoms with Gasteiger partial charge in [0, 0.05) is 11.1 Å². The zero-order valence-corrected chi connectivity index (χ0v) is 9.45. The van der Waals surface area contributed by atoms with Crippen molar-refractivity contribution >= 4 is 11.3 Å². The number of rotatable bonds is 2. The maximum atomic E-state index is 10.1. The fraction of sp³-hybridized carbons (Fsp3) is 0.273. The van der Waals surface area contributed by atoms with Crippen LogP contribution >= 0.6 is 11.3 Å². The fourth-order valence-corrected chi connectivity index (χ4v) is 2.27. The van der Waals surface area contributed by atoms with Gasteiger partial charge in [0.05, 0.1) is 17.6 Å². The maximum absolute atomic E-state index is 10.1. The Morgan fingerprint density at radius 1 is 1.27 bits per heavy atom. The SMILES string of the molecule is Cc1cnc(C(O)c2sccc2C)cn1. The van der Waals surface area contributed by atoms with Crippen LogP contribution in [0.25, 0.3) is 0 Å². The van der Waals surface area contributed by atoms with E-state index in [1.807, 2.05) is 25.3 Å². The molecular formula is C11H12N2OS. The average Bonchev–Trinajstić information content (AvgIpc) is 2.65. The second-order valence-corrected chi connectivity index (χ2v) is 4.40. The monoisotopic (exact) mass is 220 g/mol. The molecule has 0 radical (unpaired) electrons. The van der Waals surface area contributed by atoms with E-state index in [1.54, 1.807) is 12.4 Å².